The van der Waals surface area contributed by atoms with E-state index in [1.54, 1.807) is 36.4 Å². The zero-order valence-electron chi connectivity index (χ0n) is 18.5. The van der Waals surface area contributed by atoms with E-state index in [1.807, 2.05) is 6.92 Å². The van der Waals surface area contributed by atoms with Crippen molar-refractivity contribution < 1.29 is 27.8 Å². The van der Waals surface area contributed by atoms with Crippen molar-refractivity contribution in [3.05, 3.63) is 59.9 Å². The molecule has 0 radical (unpaired) electrons. The number of aliphatic hydroxyl groups is 2. The van der Waals surface area contributed by atoms with Crippen LogP contribution < -0.4 is 9.62 Å². The van der Waals surface area contributed by atoms with E-state index >= 15 is 0 Å². The highest BCUT2D eigenvalue weighted by Crippen LogP contribution is 2.28. The first-order valence-electron chi connectivity index (χ1n) is 11.0. The number of ether oxygens (including phenoxy) is 1. The van der Waals surface area contributed by atoms with Gasteiger partial charge in [0, 0.05) is 38.4 Å². The molecule has 2 aliphatic rings. The number of sulfonamides is 1. The molecular formula is C23H30FN3O5S. The molecule has 4 atom stereocenters. The second-order valence-corrected chi connectivity index (χ2v) is 10.3. The molecule has 2 fully saturated rings. The number of nitrogens with one attached hydrogen (secondary N) is 1. The van der Waals surface area contributed by atoms with E-state index in [1.165, 1.54) is 12.1 Å². The lowest BCUT2D eigenvalue weighted by Crippen LogP contribution is -2.57. The summed E-state index contributed by atoms with van der Waals surface area (Å²) in [5.74, 6) is -0.283. The van der Waals surface area contributed by atoms with Gasteiger partial charge in [0.05, 0.1) is 23.6 Å². The fourth-order valence-corrected chi connectivity index (χ4v) is 5.56. The number of benzene rings is 2. The highest BCUT2D eigenvalue weighted by atomic mass is 32.2. The summed E-state index contributed by atoms with van der Waals surface area (Å²) in [5, 5.41) is 20.4. The summed E-state index contributed by atoms with van der Waals surface area (Å²) in [6.07, 6.45) is -2.34. The van der Waals surface area contributed by atoms with Crippen molar-refractivity contribution >= 4 is 15.7 Å². The molecular weight excluding hydrogens is 449 g/mol. The van der Waals surface area contributed by atoms with Crippen LogP contribution in [0.5, 0.6) is 0 Å². The Hall–Kier alpha value is -2.08. The number of aryl methyl sites for hydroxylation is 1. The highest BCUT2D eigenvalue weighted by Gasteiger charge is 2.47. The number of anilines is 1. The molecule has 0 unspecified atom stereocenters. The summed E-state index contributed by atoms with van der Waals surface area (Å²) in [6, 6.07) is 12.4. The molecule has 33 heavy (non-hydrogen) atoms. The van der Waals surface area contributed by atoms with Gasteiger partial charge in [0.25, 0.3) is 0 Å². The molecule has 2 aromatic rings. The number of hydrogen-bond donors (Lipinski definition) is 3. The Morgan fingerprint density at radius 1 is 1.03 bits per heavy atom. The molecule has 2 aliphatic heterocycles. The molecule has 0 bridgehead atoms. The van der Waals surface area contributed by atoms with Crippen molar-refractivity contribution in [3.63, 3.8) is 0 Å². The van der Waals surface area contributed by atoms with Crippen LogP contribution in [0.3, 0.4) is 0 Å². The van der Waals surface area contributed by atoms with E-state index in [4.69, 9.17) is 4.74 Å². The fourth-order valence-electron chi connectivity index (χ4n) is 4.52. The average Bonchev–Trinajstić information content (AvgIpc) is 3.14. The first kappa shape index (κ1) is 24.1. The third-order valence-corrected chi connectivity index (χ3v) is 7.81. The Balaban J connectivity index is 1.42. The number of halogens is 1. The number of hydrogen-bond acceptors (Lipinski definition) is 7. The predicted octanol–water partition coefficient (Wildman–Crippen LogP) is 0.724. The molecule has 8 nitrogen and oxygen atoms in total. The quantitative estimate of drug-likeness (QED) is 0.538. The Morgan fingerprint density at radius 2 is 1.67 bits per heavy atom. The van der Waals surface area contributed by atoms with E-state index in [0.29, 0.717) is 26.2 Å². The fraction of sp³-hybridized carbons (Fsp3) is 0.478. The predicted molar refractivity (Wildman–Crippen MR) is 122 cm³/mol. The van der Waals surface area contributed by atoms with Gasteiger partial charge in [-0.05, 0) is 43.3 Å². The van der Waals surface area contributed by atoms with Crippen molar-refractivity contribution in [3.8, 4) is 0 Å². The summed E-state index contributed by atoms with van der Waals surface area (Å²) < 4.78 is 47.1. The first-order valence-corrected chi connectivity index (χ1v) is 12.5. The van der Waals surface area contributed by atoms with E-state index in [-0.39, 0.29) is 23.9 Å². The lowest BCUT2D eigenvalue weighted by atomic mass is 10.0. The van der Waals surface area contributed by atoms with Crippen LogP contribution in [0.2, 0.25) is 0 Å². The standard InChI is InChI=1S/C23H30FN3O5S/c1-16-2-8-19(9-3-16)33(30,31)25-14-20-22(23(29)21(15-28)32-20)27-12-10-26(11-13-27)18-6-4-17(24)5-7-18/h2-9,20-23,25,28-29H,10-15H2,1H3/t20-,21+,22+,23-/m1/s1. The Labute approximate surface area is 193 Å². The van der Waals surface area contributed by atoms with E-state index in [2.05, 4.69) is 14.5 Å². The maximum absolute atomic E-state index is 13.2. The minimum atomic E-state index is -3.74. The zero-order chi connectivity index (χ0) is 23.6. The van der Waals surface area contributed by atoms with Crippen LogP contribution in [0.4, 0.5) is 10.1 Å². The average molecular weight is 480 g/mol. The Bertz CT molecular complexity index is 1030. The summed E-state index contributed by atoms with van der Waals surface area (Å²) in [6.45, 7) is 4.07. The SMILES string of the molecule is Cc1ccc(S(=O)(=O)NC[C@H]2O[C@@H](CO)[C@@H](O)[C@H]2N2CCN(c3ccc(F)cc3)CC2)cc1. The molecule has 2 aromatic carbocycles. The lowest BCUT2D eigenvalue weighted by molar-refractivity contribution is -0.0201. The van der Waals surface area contributed by atoms with Crippen molar-refractivity contribution in [2.24, 2.45) is 0 Å². The van der Waals surface area contributed by atoms with Gasteiger partial charge < -0.3 is 19.8 Å². The second kappa shape index (κ2) is 10.0. The van der Waals surface area contributed by atoms with Crippen LogP contribution >= 0.6 is 0 Å². The first-order chi connectivity index (χ1) is 15.8. The molecule has 10 heteroatoms. The van der Waals surface area contributed by atoms with Crippen molar-refractivity contribution in [2.45, 2.75) is 36.2 Å². The van der Waals surface area contributed by atoms with Gasteiger partial charge in [-0.25, -0.2) is 17.5 Å². The second-order valence-electron chi connectivity index (χ2n) is 8.54. The summed E-state index contributed by atoms with van der Waals surface area (Å²) >= 11 is 0. The summed E-state index contributed by atoms with van der Waals surface area (Å²) in [4.78, 5) is 4.37. The van der Waals surface area contributed by atoms with E-state index in [0.717, 1.165) is 11.3 Å². The Kier molecular flexibility index (Phi) is 7.32. The van der Waals surface area contributed by atoms with Gasteiger partial charge in [-0.2, -0.15) is 0 Å². The van der Waals surface area contributed by atoms with Gasteiger partial charge in [-0.1, -0.05) is 17.7 Å². The molecule has 180 valence electrons. The van der Waals surface area contributed by atoms with E-state index in [9.17, 15) is 23.0 Å². The van der Waals surface area contributed by atoms with Crippen molar-refractivity contribution in [1.29, 1.82) is 0 Å². The Morgan fingerprint density at radius 3 is 2.27 bits per heavy atom. The van der Waals surface area contributed by atoms with Crippen LogP contribution in [-0.4, -0.2) is 87.2 Å². The molecule has 0 spiro atoms. The van der Waals surface area contributed by atoms with E-state index < -0.39 is 34.4 Å². The van der Waals surface area contributed by atoms with Crippen LogP contribution in [-0.2, 0) is 14.8 Å². The molecule has 0 aliphatic carbocycles. The van der Waals surface area contributed by atoms with Gasteiger partial charge >= 0.3 is 0 Å². The van der Waals surface area contributed by atoms with Crippen LogP contribution in [0.15, 0.2) is 53.4 Å². The van der Waals surface area contributed by atoms with Gasteiger partial charge in [0.1, 0.15) is 18.0 Å². The van der Waals surface area contributed by atoms with Crippen LogP contribution in [0.1, 0.15) is 5.56 Å². The molecule has 0 saturated carbocycles. The number of aliphatic hydroxyl groups excluding tert-OH is 2. The normalized spacial score (nSPS) is 26.6. The summed E-state index contributed by atoms with van der Waals surface area (Å²) in [7, 11) is -3.74. The molecule has 3 N–H and O–H groups in total. The summed E-state index contributed by atoms with van der Waals surface area (Å²) in [5.41, 5.74) is 1.89. The highest BCUT2D eigenvalue weighted by molar-refractivity contribution is 7.89. The number of nitrogens with zero attached hydrogens (tertiary/aromatic N) is 2. The van der Waals surface area contributed by atoms with Crippen LogP contribution in [0.25, 0.3) is 0 Å². The molecule has 2 heterocycles. The molecule has 0 aromatic heterocycles. The third-order valence-electron chi connectivity index (χ3n) is 6.37. The van der Waals surface area contributed by atoms with Gasteiger partial charge in [0.15, 0.2) is 0 Å². The van der Waals surface area contributed by atoms with Crippen LogP contribution in [0, 0.1) is 12.7 Å². The minimum Gasteiger partial charge on any atom is -0.394 e. The largest absolute Gasteiger partial charge is 0.394 e. The van der Waals surface area contributed by atoms with Gasteiger partial charge in [-0.15, -0.1) is 0 Å². The maximum Gasteiger partial charge on any atom is 0.240 e. The minimum absolute atomic E-state index is 0.0212. The molecule has 0 amide bonds. The molecule has 4 rings (SSSR count). The monoisotopic (exact) mass is 479 g/mol. The maximum atomic E-state index is 13.2. The van der Waals surface area contributed by atoms with Crippen molar-refractivity contribution in [1.82, 2.24) is 9.62 Å². The zero-order valence-corrected chi connectivity index (χ0v) is 19.3. The van der Waals surface area contributed by atoms with Gasteiger partial charge in [-0.3, -0.25) is 4.90 Å². The lowest BCUT2D eigenvalue weighted by Gasteiger charge is -2.41. The number of rotatable bonds is 7. The number of piperazine rings is 1. The topological polar surface area (TPSA) is 102 Å². The van der Waals surface area contributed by atoms with Crippen molar-refractivity contribution in [2.75, 3.05) is 44.2 Å². The third kappa shape index (κ3) is 5.37. The smallest absolute Gasteiger partial charge is 0.240 e. The molecule has 2 saturated heterocycles. The van der Waals surface area contributed by atoms with Gasteiger partial charge in [0.2, 0.25) is 10.0 Å².